The van der Waals surface area contributed by atoms with Gasteiger partial charge < -0.3 is 4.57 Å². The van der Waals surface area contributed by atoms with Gasteiger partial charge in [-0.25, -0.2) is 4.98 Å². The van der Waals surface area contributed by atoms with Crippen LogP contribution in [0.1, 0.15) is 21.7 Å². The van der Waals surface area contributed by atoms with Gasteiger partial charge in [-0.1, -0.05) is 6.07 Å². The normalized spacial score (nSPS) is 10.3. The third-order valence-corrected chi connectivity index (χ3v) is 2.16. The number of hydrogen-bond donors (Lipinski definition) is 0. The number of carbonyl (C=O) groups excluding carboxylic acids is 1. The fourth-order valence-electron chi connectivity index (χ4n) is 1.37. The molecule has 0 unspecified atom stereocenters. The molecule has 2 rings (SSSR count). The van der Waals surface area contributed by atoms with Crippen LogP contribution in [0.25, 0.3) is 0 Å². The molecule has 0 aliphatic carbocycles. The number of pyridine rings is 1. The fourth-order valence-corrected chi connectivity index (χ4v) is 1.37. The SMILES string of the molecule is Cc1cccnc1C(=O)c1cn(C)cn1. The molecule has 0 radical (unpaired) electrons. The van der Waals surface area contributed by atoms with Crippen LogP contribution in [-0.2, 0) is 7.05 Å². The Morgan fingerprint density at radius 3 is 2.80 bits per heavy atom. The summed E-state index contributed by atoms with van der Waals surface area (Å²) < 4.78 is 1.74. The summed E-state index contributed by atoms with van der Waals surface area (Å²) in [5.74, 6) is -0.131. The lowest BCUT2D eigenvalue weighted by molar-refractivity contribution is 0.102. The topological polar surface area (TPSA) is 47.8 Å². The van der Waals surface area contributed by atoms with Crippen molar-refractivity contribution in [1.29, 1.82) is 0 Å². The van der Waals surface area contributed by atoms with E-state index in [4.69, 9.17) is 0 Å². The minimum atomic E-state index is -0.131. The van der Waals surface area contributed by atoms with Crippen molar-refractivity contribution < 1.29 is 4.79 Å². The first-order valence-electron chi connectivity index (χ1n) is 4.63. The zero-order valence-electron chi connectivity index (χ0n) is 8.64. The standard InChI is InChI=1S/C11H11N3O/c1-8-4-3-5-12-10(8)11(15)9-6-14(2)7-13-9/h3-7H,1-2H3. The van der Waals surface area contributed by atoms with Gasteiger partial charge in [0.1, 0.15) is 11.4 Å². The molecule has 0 aliphatic rings. The van der Waals surface area contributed by atoms with Gasteiger partial charge in [-0.15, -0.1) is 0 Å². The smallest absolute Gasteiger partial charge is 0.231 e. The Hall–Kier alpha value is -1.97. The van der Waals surface area contributed by atoms with Crippen molar-refractivity contribution in [2.75, 3.05) is 0 Å². The van der Waals surface area contributed by atoms with Gasteiger partial charge in [0.2, 0.25) is 5.78 Å². The maximum atomic E-state index is 11.9. The lowest BCUT2D eigenvalue weighted by Gasteiger charge is -1.99. The predicted molar refractivity (Wildman–Crippen MR) is 55.6 cm³/mol. The minimum absolute atomic E-state index is 0.131. The predicted octanol–water partition coefficient (Wildman–Crippen LogP) is 1.35. The highest BCUT2D eigenvalue weighted by molar-refractivity contribution is 6.07. The largest absolute Gasteiger partial charge is 0.340 e. The zero-order chi connectivity index (χ0) is 10.8. The maximum absolute atomic E-state index is 11.9. The average Bonchev–Trinajstić information content (AvgIpc) is 2.65. The number of aryl methyl sites for hydroxylation is 2. The van der Waals surface area contributed by atoms with Gasteiger partial charge in [-0.3, -0.25) is 9.78 Å². The molecule has 0 saturated carbocycles. The quantitative estimate of drug-likeness (QED) is 0.689. The first kappa shape index (κ1) is 9.58. The summed E-state index contributed by atoms with van der Waals surface area (Å²) in [5, 5.41) is 0. The van der Waals surface area contributed by atoms with E-state index in [0.717, 1.165) is 5.56 Å². The van der Waals surface area contributed by atoms with Crippen LogP contribution in [0.5, 0.6) is 0 Å². The first-order valence-corrected chi connectivity index (χ1v) is 4.63. The highest BCUT2D eigenvalue weighted by atomic mass is 16.1. The highest BCUT2D eigenvalue weighted by Gasteiger charge is 2.14. The van der Waals surface area contributed by atoms with Gasteiger partial charge in [0.25, 0.3) is 0 Å². The van der Waals surface area contributed by atoms with Crippen LogP contribution in [0, 0.1) is 6.92 Å². The van der Waals surface area contributed by atoms with Gasteiger partial charge in [-0.2, -0.15) is 0 Å². The van der Waals surface area contributed by atoms with Gasteiger partial charge in [-0.05, 0) is 18.6 Å². The van der Waals surface area contributed by atoms with Crippen LogP contribution in [0.15, 0.2) is 30.9 Å². The zero-order valence-corrected chi connectivity index (χ0v) is 8.64. The summed E-state index contributed by atoms with van der Waals surface area (Å²) in [5.41, 5.74) is 1.77. The van der Waals surface area contributed by atoms with E-state index < -0.39 is 0 Å². The van der Waals surface area contributed by atoms with Crippen LogP contribution in [0.4, 0.5) is 0 Å². The van der Waals surface area contributed by atoms with Crippen molar-refractivity contribution in [3.05, 3.63) is 47.8 Å². The van der Waals surface area contributed by atoms with Crippen molar-refractivity contribution in [2.24, 2.45) is 7.05 Å². The van der Waals surface area contributed by atoms with Gasteiger partial charge >= 0.3 is 0 Å². The second-order valence-corrected chi connectivity index (χ2v) is 3.42. The third kappa shape index (κ3) is 1.79. The summed E-state index contributed by atoms with van der Waals surface area (Å²) in [4.78, 5) is 20.0. The number of ketones is 1. The number of aromatic nitrogens is 3. The van der Waals surface area contributed by atoms with E-state index in [9.17, 15) is 4.79 Å². The van der Waals surface area contributed by atoms with E-state index in [0.29, 0.717) is 11.4 Å². The summed E-state index contributed by atoms with van der Waals surface area (Å²) in [6.07, 6.45) is 4.91. The number of rotatable bonds is 2. The number of nitrogens with zero attached hydrogens (tertiary/aromatic N) is 3. The lowest BCUT2D eigenvalue weighted by Crippen LogP contribution is -2.06. The van der Waals surface area contributed by atoms with Crippen LogP contribution in [-0.4, -0.2) is 20.3 Å². The highest BCUT2D eigenvalue weighted by Crippen LogP contribution is 2.09. The van der Waals surface area contributed by atoms with E-state index in [-0.39, 0.29) is 5.78 Å². The second kappa shape index (κ2) is 3.65. The lowest BCUT2D eigenvalue weighted by atomic mass is 10.1. The van der Waals surface area contributed by atoms with Crippen LogP contribution >= 0.6 is 0 Å². The van der Waals surface area contributed by atoms with Crippen LogP contribution in [0.3, 0.4) is 0 Å². The van der Waals surface area contributed by atoms with E-state index >= 15 is 0 Å². The molecule has 76 valence electrons. The number of hydrogen-bond acceptors (Lipinski definition) is 3. The van der Waals surface area contributed by atoms with Crippen molar-refractivity contribution in [2.45, 2.75) is 6.92 Å². The molecule has 2 aromatic rings. The Labute approximate surface area is 87.6 Å². The number of imidazole rings is 1. The van der Waals surface area contributed by atoms with E-state index in [1.165, 1.54) is 0 Å². The monoisotopic (exact) mass is 201 g/mol. The molecule has 4 heteroatoms. The second-order valence-electron chi connectivity index (χ2n) is 3.42. The summed E-state index contributed by atoms with van der Waals surface area (Å²) in [6, 6.07) is 3.67. The summed E-state index contributed by atoms with van der Waals surface area (Å²) >= 11 is 0. The van der Waals surface area contributed by atoms with Crippen molar-refractivity contribution >= 4 is 5.78 Å². The molecular weight excluding hydrogens is 190 g/mol. The van der Waals surface area contributed by atoms with Crippen molar-refractivity contribution in [1.82, 2.24) is 14.5 Å². The molecule has 0 saturated heterocycles. The Morgan fingerprint density at radius 1 is 1.40 bits per heavy atom. The number of carbonyl (C=O) groups is 1. The molecule has 0 spiro atoms. The molecule has 0 amide bonds. The minimum Gasteiger partial charge on any atom is -0.340 e. The van der Waals surface area contributed by atoms with Crippen molar-refractivity contribution in [3.63, 3.8) is 0 Å². The van der Waals surface area contributed by atoms with Gasteiger partial charge in [0.15, 0.2) is 0 Å². The average molecular weight is 201 g/mol. The molecule has 0 N–H and O–H groups in total. The molecule has 0 fully saturated rings. The van der Waals surface area contributed by atoms with Crippen molar-refractivity contribution in [3.8, 4) is 0 Å². The first-order chi connectivity index (χ1) is 7.18. The molecule has 15 heavy (non-hydrogen) atoms. The molecule has 0 aromatic carbocycles. The third-order valence-electron chi connectivity index (χ3n) is 2.16. The van der Waals surface area contributed by atoms with Crippen LogP contribution < -0.4 is 0 Å². The Bertz CT molecular complexity index is 502. The molecule has 2 heterocycles. The molecule has 0 bridgehead atoms. The Morgan fingerprint density at radius 2 is 2.20 bits per heavy atom. The molecule has 2 aromatic heterocycles. The fraction of sp³-hybridized carbons (Fsp3) is 0.182. The van der Waals surface area contributed by atoms with Crippen LogP contribution in [0.2, 0.25) is 0 Å². The molecule has 4 nitrogen and oxygen atoms in total. The molecule has 0 aliphatic heterocycles. The summed E-state index contributed by atoms with van der Waals surface area (Å²) in [6.45, 7) is 1.86. The molecule has 0 atom stereocenters. The van der Waals surface area contributed by atoms with E-state index in [1.54, 1.807) is 23.3 Å². The Kier molecular flexibility index (Phi) is 2.33. The maximum Gasteiger partial charge on any atom is 0.231 e. The molecular formula is C11H11N3O. The van der Waals surface area contributed by atoms with E-state index in [1.807, 2.05) is 26.1 Å². The Balaban J connectivity index is 2.41. The van der Waals surface area contributed by atoms with Gasteiger partial charge in [0, 0.05) is 19.4 Å². The summed E-state index contributed by atoms with van der Waals surface area (Å²) in [7, 11) is 1.83. The van der Waals surface area contributed by atoms with E-state index in [2.05, 4.69) is 9.97 Å². The van der Waals surface area contributed by atoms with Gasteiger partial charge in [0.05, 0.1) is 6.33 Å².